The number of nitrogens with zero attached hydrogens (tertiary/aromatic N) is 4. The first kappa shape index (κ1) is 46.8. The molecule has 1 fully saturated rings. The summed E-state index contributed by atoms with van der Waals surface area (Å²) in [5.74, 6) is -1.23. The van der Waals surface area contributed by atoms with Crippen LogP contribution in [-0.4, -0.2) is 107 Å². The molecule has 0 bridgehead atoms. The summed E-state index contributed by atoms with van der Waals surface area (Å²) < 4.78 is 21.1. The van der Waals surface area contributed by atoms with Crippen molar-refractivity contribution in [3.8, 4) is 0 Å². The molecule has 6 N–H and O–H groups in total. The fraction of sp³-hybridized carbons (Fsp3) is 0.521. The number of aromatic nitrogens is 2. The number of hydrogen-bond acceptors (Lipinski definition) is 11. The molecule has 2 unspecified atom stereocenters. The van der Waals surface area contributed by atoms with Crippen LogP contribution in [-0.2, 0) is 72.7 Å². The maximum atomic E-state index is 13.4. The molecule has 3 aromatic carbocycles. The Bertz CT molecular complexity index is 2360. The van der Waals surface area contributed by atoms with Crippen LogP contribution < -0.4 is 27.4 Å². The fourth-order valence-corrected chi connectivity index (χ4v) is 9.40. The quantitative estimate of drug-likeness (QED) is 0.0512. The molecule has 3 aliphatic heterocycles. The molecular weight excluding hydrogens is 819 g/mol. The van der Waals surface area contributed by atoms with E-state index in [1.54, 1.807) is 16.5 Å². The Hall–Kier alpha value is -5.23. The molecule has 0 aliphatic carbocycles. The normalized spacial score (nSPS) is 20.1. The molecular formula is C48H63N7O9. The predicted octanol–water partition coefficient (Wildman–Crippen LogP) is 2.94. The first-order valence-corrected chi connectivity index (χ1v) is 22.6. The van der Waals surface area contributed by atoms with Crippen LogP contribution in [0.1, 0.15) is 85.7 Å². The van der Waals surface area contributed by atoms with Gasteiger partial charge in [0.25, 0.3) is 5.91 Å². The molecule has 0 saturated carbocycles. The summed E-state index contributed by atoms with van der Waals surface area (Å²) in [4.78, 5) is 66.3. The minimum absolute atomic E-state index is 0.114. The highest BCUT2D eigenvalue weighted by atomic mass is 16.5. The van der Waals surface area contributed by atoms with E-state index in [0.29, 0.717) is 77.1 Å². The van der Waals surface area contributed by atoms with Gasteiger partial charge in [-0.2, -0.15) is 0 Å². The van der Waals surface area contributed by atoms with Gasteiger partial charge in [-0.3, -0.25) is 38.5 Å². The van der Waals surface area contributed by atoms with Crippen LogP contribution in [0.2, 0.25) is 0 Å². The van der Waals surface area contributed by atoms with Crippen LogP contribution in [0, 0.1) is 0 Å². The summed E-state index contributed by atoms with van der Waals surface area (Å²) in [5.41, 5.74) is 19.1. The smallest absolute Gasteiger partial charge is 0.329 e. The molecule has 7 rings (SSSR count). The van der Waals surface area contributed by atoms with Crippen molar-refractivity contribution in [2.75, 3.05) is 38.4 Å². The number of piperidine rings is 1. The molecule has 6 atom stereocenters. The Kier molecular flexibility index (Phi) is 15.5. The lowest BCUT2D eigenvalue weighted by molar-refractivity contribution is -0.149. The number of nitrogens with one attached hydrogen (secondary N) is 1. The number of benzene rings is 3. The number of carbonyl (C=O) groups excluding carboxylic acids is 4. The monoisotopic (exact) mass is 881 g/mol. The Morgan fingerprint density at radius 2 is 1.55 bits per heavy atom. The highest BCUT2D eigenvalue weighted by Gasteiger charge is 2.43. The van der Waals surface area contributed by atoms with Crippen LogP contribution >= 0.6 is 0 Å². The van der Waals surface area contributed by atoms with Gasteiger partial charge in [0.05, 0.1) is 54.7 Å². The van der Waals surface area contributed by atoms with Gasteiger partial charge in [0.1, 0.15) is 12.3 Å². The van der Waals surface area contributed by atoms with Gasteiger partial charge in [-0.05, 0) is 98.6 Å². The number of amides is 4. The Labute approximate surface area is 373 Å². The largest absolute Gasteiger partial charge is 0.379 e. The lowest BCUT2D eigenvalue weighted by Crippen LogP contribution is -2.58. The van der Waals surface area contributed by atoms with Gasteiger partial charge < -0.3 is 35.7 Å². The number of anilines is 1. The van der Waals surface area contributed by atoms with Crippen molar-refractivity contribution in [3.05, 3.63) is 99.0 Å². The highest BCUT2D eigenvalue weighted by molar-refractivity contribution is 6.01. The number of para-hydroxylation sites is 2. The zero-order valence-electron chi connectivity index (χ0n) is 37.2. The molecule has 0 spiro atoms. The van der Waals surface area contributed by atoms with Crippen molar-refractivity contribution in [3.63, 3.8) is 0 Å². The van der Waals surface area contributed by atoms with E-state index in [1.807, 2.05) is 55.5 Å². The number of nitrogens with two attached hydrogens (primary N) is 2. The fourth-order valence-electron chi connectivity index (χ4n) is 9.40. The number of carbonyl (C=O) groups is 4. The number of likely N-dealkylation sites (tertiary alicyclic amines) is 1. The number of ether oxygens (including phenoxy) is 3. The maximum absolute atomic E-state index is 13.4. The summed E-state index contributed by atoms with van der Waals surface area (Å²) >= 11 is 0. The highest BCUT2D eigenvalue weighted by Crippen LogP contribution is 2.39. The Morgan fingerprint density at radius 1 is 0.859 bits per heavy atom. The second-order valence-corrected chi connectivity index (χ2v) is 17.4. The number of primary amides is 1. The van der Waals surface area contributed by atoms with Crippen molar-refractivity contribution in [2.45, 2.75) is 121 Å². The topological polar surface area (TPSA) is 214 Å². The molecule has 16 nitrogen and oxygen atoms in total. The number of aliphatic hydroxyl groups is 1. The Morgan fingerprint density at radius 3 is 2.28 bits per heavy atom. The number of hydrogen-bond donors (Lipinski definition) is 4. The first-order valence-electron chi connectivity index (χ1n) is 22.6. The minimum Gasteiger partial charge on any atom is -0.379 e. The lowest BCUT2D eigenvalue weighted by Gasteiger charge is -2.34. The van der Waals surface area contributed by atoms with Crippen LogP contribution in [0.15, 0.2) is 65.5 Å². The average molecular weight is 882 g/mol. The zero-order chi connectivity index (χ0) is 45.5. The number of fused-ring (bicyclic) bond motifs is 1. The summed E-state index contributed by atoms with van der Waals surface area (Å²) in [6.07, 6.45) is 4.41. The summed E-state index contributed by atoms with van der Waals surface area (Å²) in [6, 6.07) is 17.7. The van der Waals surface area contributed by atoms with Crippen molar-refractivity contribution in [1.29, 1.82) is 0 Å². The SMILES string of the molecule is C[C@@H](OCc1ccc(CCCOCCOCCCc2cccc3c2n(C)c(=O)n3C2CCC(=O)N(C)C2=O)cc1)[C@H](CCC(N)=O)NC(O)[C@@H]1Cc2cccc3c2N1C(=O)[C@@H](N)CC3. The van der Waals surface area contributed by atoms with Crippen molar-refractivity contribution in [1.82, 2.24) is 19.4 Å². The van der Waals surface area contributed by atoms with E-state index in [1.165, 1.54) is 17.2 Å². The number of imide groups is 1. The van der Waals surface area contributed by atoms with Crippen molar-refractivity contribution in [2.24, 2.45) is 18.5 Å². The number of aliphatic hydroxyl groups excluding tert-OH is 1. The standard InChI is InChI=1S/C48H63N7O9/c1-30(37(20-22-41(50)56)51-45(58)40-28-35-11-4-9-34-18-19-36(49)46(59)55(40)43(34)35)64-29-32-16-14-31(15-17-32)8-6-24-62-26-27-63-25-7-12-33-10-5-13-38-44(33)53(3)48(61)54(38)39-21-23-42(57)52(2)47(39)60/h4-5,9-11,13-17,30,36-37,39-40,45,51,58H,6-8,12,18-29,49H2,1-3H3,(H2,50,56)/t30-,36+,37+,39?,40+,45?/m1/s1. The molecule has 3 aliphatic rings. The summed E-state index contributed by atoms with van der Waals surface area (Å²) in [6.45, 7) is 4.34. The number of aryl methyl sites for hydroxylation is 4. The van der Waals surface area contributed by atoms with Crippen molar-refractivity contribution >= 4 is 40.3 Å². The van der Waals surface area contributed by atoms with Gasteiger partial charge in [-0.25, -0.2) is 4.79 Å². The van der Waals surface area contributed by atoms with Gasteiger partial charge in [0.2, 0.25) is 17.7 Å². The minimum atomic E-state index is -1.09. The van der Waals surface area contributed by atoms with E-state index >= 15 is 0 Å². The van der Waals surface area contributed by atoms with Gasteiger partial charge in [-0.15, -0.1) is 0 Å². The zero-order valence-corrected chi connectivity index (χ0v) is 37.2. The number of likely N-dealkylation sites (N-methyl/N-ethyl adjacent to an activating group) is 1. The van der Waals surface area contributed by atoms with Gasteiger partial charge in [0.15, 0.2) is 0 Å². The molecule has 64 heavy (non-hydrogen) atoms. The summed E-state index contributed by atoms with van der Waals surface area (Å²) in [7, 11) is 3.19. The van der Waals surface area contributed by atoms with Crippen LogP contribution in [0.4, 0.5) is 5.69 Å². The second-order valence-electron chi connectivity index (χ2n) is 17.4. The van der Waals surface area contributed by atoms with E-state index in [4.69, 9.17) is 25.7 Å². The third-order valence-electron chi connectivity index (χ3n) is 13.0. The van der Waals surface area contributed by atoms with Crippen LogP contribution in [0.3, 0.4) is 0 Å². The molecule has 4 amide bonds. The van der Waals surface area contributed by atoms with Gasteiger partial charge in [-0.1, -0.05) is 54.6 Å². The molecule has 1 aromatic heterocycles. The third kappa shape index (κ3) is 10.5. The van der Waals surface area contributed by atoms with Crippen molar-refractivity contribution < 1.29 is 38.5 Å². The van der Waals surface area contributed by atoms with Crippen LogP contribution in [0.5, 0.6) is 0 Å². The van der Waals surface area contributed by atoms with Gasteiger partial charge in [0, 0.05) is 46.2 Å². The average Bonchev–Trinajstić information content (AvgIpc) is 3.76. The third-order valence-corrected chi connectivity index (χ3v) is 13.0. The first-order chi connectivity index (χ1) is 30.8. The van der Waals surface area contributed by atoms with E-state index in [2.05, 4.69) is 17.4 Å². The van der Waals surface area contributed by atoms with Gasteiger partial charge >= 0.3 is 5.69 Å². The maximum Gasteiger partial charge on any atom is 0.329 e. The van der Waals surface area contributed by atoms with E-state index in [0.717, 1.165) is 57.6 Å². The predicted molar refractivity (Wildman–Crippen MR) is 241 cm³/mol. The second kappa shape index (κ2) is 21.2. The van der Waals surface area contributed by atoms with Crippen LogP contribution in [0.25, 0.3) is 11.0 Å². The lowest BCUT2D eigenvalue weighted by atomic mass is 10.0. The molecule has 16 heteroatoms. The molecule has 4 heterocycles. The van der Waals surface area contributed by atoms with E-state index in [9.17, 15) is 29.1 Å². The molecule has 1 saturated heterocycles. The van der Waals surface area contributed by atoms with E-state index in [-0.39, 0.29) is 42.4 Å². The molecule has 0 radical (unpaired) electrons. The van der Waals surface area contributed by atoms with E-state index < -0.39 is 36.3 Å². The summed E-state index contributed by atoms with van der Waals surface area (Å²) in [5, 5.41) is 14.8. The number of imidazole rings is 1. The Balaban J connectivity index is 0.802. The molecule has 4 aromatic rings. The number of rotatable bonds is 22. The molecule has 344 valence electrons.